The highest BCUT2D eigenvalue weighted by molar-refractivity contribution is 7.99. The zero-order valence-corrected chi connectivity index (χ0v) is 11.2. The van der Waals surface area contributed by atoms with Crippen molar-refractivity contribution in [2.24, 2.45) is 0 Å². The predicted molar refractivity (Wildman–Crippen MR) is 64.9 cm³/mol. The molecule has 0 saturated carbocycles. The summed E-state index contributed by atoms with van der Waals surface area (Å²) in [6, 6.07) is -1.08. The number of alkyl carbamates (subject to hydrolysis) is 1. The van der Waals surface area contributed by atoms with Crippen LogP contribution in [0.25, 0.3) is 0 Å². The average molecular weight is 265 g/mol. The molecule has 0 aliphatic heterocycles. The Kier molecular flexibility index (Phi) is 6.33. The van der Waals surface area contributed by atoms with Crippen molar-refractivity contribution in [3.05, 3.63) is 0 Å². The van der Waals surface area contributed by atoms with Gasteiger partial charge in [-0.2, -0.15) is 0 Å². The Balaban J connectivity index is 4.26. The van der Waals surface area contributed by atoms with Crippen LogP contribution in [0.3, 0.4) is 0 Å². The van der Waals surface area contributed by atoms with Crippen molar-refractivity contribution in [3.63, 3.8) is 0 Å². The summed E-state index contributed by atoms with van der Waals surface area (Å²) in [5.41, 5.74) is -1.36. The Hall–Kier alpha value is -0.950. The van der Waals surface area contributed by atoms with Crippen LogP contribution in [-0.2, 0) is 9.53 Å². The lowest BCUT2D eigenvalue weighted by molar-refractivity contribution is -0.138. The van der Waals surface area contributed by atoms with Crippen LogP contribution in [0.15, 0.2) is 0 Å². The van der Waals surface area contributed by atoms with Gasteiger partial charge in [0, 0.05) is 5.75 Å². The minimum absolute atomic E-state index is 0.0756. The largest absolute Gasteiger partial charge is 0.480 e. The average Bonchev–Trinajstić information content (AvgIpc) is 2.08. The monoisotopic (exact) mass is 265 g/mol. The van der Waals surface area contributed by atoms with Gasteiger partial charge >= 0.3 is 12.1 Å². The number of amides is 1. The number of carboxylic acids is 1. The third-order valence-corrected chi connectivity index (χ3v) is 2.50. The molecule has 0 fully saturated rings. The van der Waals surface area contributed by atoms with E-state index in [2.05, 4.69) is 5.32 Å². The number of aliphatic carboxylic acids is 1. The summed E-state index contributed by atoms with van der Waals surface area (Å²) in [5.74, 6) is -1.09. The molecule has 0 aromatic rings. The molecule has 7 heteroatoms. The number of rotatable bonds is 5. The van der Waals surface area contributed by atoms with Crippen LogP contribution in [-0.4, -0.2) is 45.1 Å². The van der Waals surface area contributed by atoms with E-state index in [0.29, 0.717) is 0 Å². The number of hydrogen-bond acceptors (Lipinski definition) is 5. The van der Waals surface area contributed by atoms with Crippen molar-refractivity contribution in [2.45, 2.75) is 44.8 Å². The highest BCUT2D eigenvalue weighted by atomic mass is 32.2. The maximum absolute atomic E-state index is 11.3. The summed E-state index contributed by atoms with van der Waals surface area (Å²) in [5, 5.41) is 20.1. The lowest BCUT2D eigenvalue weighted by Crippen LogP contribution is -2.45. The molecule has 0 rings (SSSR count). The number of hydrogen-bond donors (Lipinski definition) is 3. The lowest BCUT2D eigenvalue weighted by Gasteiger charge is -2.22. The number of carboxylic acid groups (broad SMARTS) is 1. The SMILES string of the molecule is C[C@@H](O)SC[C@@H](NC(=O)OC(C)(C)C)C(=O)O. The summed E-state index contributed by atoms with van der Waals surface area (Å²) in [6.07, 6.45) is -0.781. The van der Waals surface area contributed by atoms with Gasteiger partial charge in [-0.25, -0.2) is 9.59 Å². The van der Waals surface area contributed by atoms with E-state index in [9.17, 15) is 9.59 Å². The molecule has 3 N–H and O–H groups in total. The molecule has 0 radical (unpaired) electrons. The van der Waals surface area contributed by atoms with Crippen molar-refractivity contribution in [3.8, 4) is 0 Å². The summed E-state index contributed by atoms with van der Waals surface area (Å²) in [6.45, 7) is 6.59. The van der Waals surface area contributed by atoms with Gasteiger partial charge in [0.25, 0.3) is 0 Å². The summed E-state index contributed by atoms with van der Waals surface area (Å²) in [7, 11) is 0. The van der Waals surface area contributed by atoms with Gasteiger partial charge in [0.05, 0.1) is 5.44 Å². The van der Waals surface area contributed by atoms with E-state index in [1.54, 1.807) is 20.8 Å². The van der Waals surface area contributed by atoms with Crippen molar-refractivity contribution < 1.29 is 24.5 Å². The molecule has 2 atom stereocenters. The van der Waals surface area contributed by atoms with Crippen LogP contribution in [0, 0.1) is 0 Å². The predicted octanol–water partition coefficient (Wildman–Crippen LogP) is 1.04. The highest BCUT2D eigenvalue weighted by Crippen LogP contribution is 2.10. The van der Waals surface area contributed by atoms with E-state index in [0.717, 1.165) is 11.8 Å². The van der Waals surface area contributed by atoms with Gasteiger partial charge in [0.2, 0.25) is 0 Å². The first kappa shape index (κ1) is 16.1. The third-order valence-electron chi connectivity index (χ3n) is 1.49. The zero-order chi connectivity index (χ0) is 13.6. The summed E-state index contributed by atoms with van der Waals surface area (Å²) in [4.78, 5) is 22.2. The molecule has 0 aromatic heterocycles. The van der Waals surface area contributed by atoms with Crippen LogP contribution in [0.2, 0.25) is 0 Å². The zero-order valence-electron chi connectivity index (χ0n) is 10.4. The van der Waals surface area contributed by atoms with Crippen molar-refractivity contribution in [2.75, 3.05) is 5.75 Å². The molecular weight excluding hydrogens is 246 g/mol. The number of carbonyl (C=O) groups is 2. The summed E-state index contributed by atoms with van der Waals surface area (Å²) >= 11 is 1.03. The van der Waals surface area contributed by atoms with Gasteiger partial charge in [-0.15, -0.1) is 11.8 Å². The number of carbonyl (C=O) groups excluding carboxylic acids is 1. The van der Waals surface area contributed by atoms with E-state index < -0.39 is 29.1 Å². The normalized spacial score (nSPS) is 14.9. The Morgan fingerprint density at radius 1 is 1.41 bits per heavy atom. The van der Waals surface area contributed by atoms with Crippen molar-refractivity contribution in [1.29, 1.82) is 0 Å². The fourth-order valence-corrected chi connectivity index (χ4v) is 1.56. The molecule has 0 unspecified atom stereocenters. The summed E-state index contributed by atoms with van der Waals surface area (Å²) < 4.78 is 4.94. The number of ether oxygens (including phenoxy) is 1. The van der Waals surface area contributed by atoms with Crippen LogP contribution in [0.1, 0.15) is 27.7 Å². The molecule has 0 saturated heterocycles. The smallest absolute Gasteiger partial charge is 0.408 e. The van der Waals surface area contributed by atoms with Crippen molar-refractivity contribution >= 4 is 23.8 Å². The second-order valence-corrected chi connectivity index (χ2v) is 5.82. The van der Waals surface area contributed by atoms with Gasteiger partial charge in [-0.3, -0.25) is 0 Å². The third kappa shape index (κ3) is 8.82. The maximum Gasteiger partial charge on any atom is 0.408 e. The molecular formula is C10H19NO5S. The molecule has 0 bridgehead atoms. The van der Waals surface area contributed by atoms with Crippen LogP contribution in [0.4, 0.5) is 4.79 Å². The Morgan fingerprint density at radius 3 is 2.29 bits per heavy atom. The molecule has 100 valence electrons. The molecule has 0 aliphatic rings. The van der Waals surface area contributed by atoms with Crippen LogP contribution < -0.4 is 5.32 Å². The minimum atomic E-state index is -1.16. The number of aliphatic hydroxyl groups excluding tert-OH is 1. The minimum Gasteiger partial charge on any atom is -0.480 e. The van der Waals surface area contributed by atoms with Gasteiger partial charge in [0.1, 0.15) is 11.6 Å². The molecule has 6 nitrogen and oxygen atoms in total. The molecule has 0 spiro atoms. The van der Waals surface area contributed by atoms with E-state index in [-0.39, 0.29) is 5.75 Å². The first-order valence-corrected chi connectivity index (χ1v) is 6.18. The molecule has 0 aromatic carbocycles. The van der Waals surface area contributed by atoms with E-state index in [1.807, 2.05) is 0 Å². The van der Waals surface area contributed by atoms with E-state index in [4.69, 9.17) is 14.9 Å². The number of nitrogens with one attached hydrogen (secondary N) is 1. The Labute approximate surface area is 105 Å². The van der Waals surface area contributed by atoms with Gasteiger partial charge in [-0.05, 0) is 27.7 Å². The van der Waals surface area contributed by atoms with E-state index >= 15 is 0 Å². The van der Waals surface area contributed by atoms with Gasteiger partial charge in [-0.1, -0.05) is 0 Å². The van der Waals surface area contributed by atoms with Gasteiger partial charge in [0.15, 0.2) is 0 Å². The second kappa shape index (κ2) is 6.70. The highest BCUT2D eigenvalue weighted by Gasteiger charge is 2.24. The number of thioether (sulfide) groups is 1. The Morgan fingerprint density at radius 2 is 1.94 bits per heavy atom. The standard InChI is InChI=1S/C10H19NO5S/c1-6(12)17-5-7(8(13)14)11-9(15)16-10(2,3)4/h6-7,12H,5H2,1-4H3,(H,11,15)(H,13,14)/t6-,7+/m0/s1. The second-order valence-electron chi connectivity index (χ2n) is 4.47. The first-order chi connectivity index (χ1) is 7.61. The van der Waals surface area contributed by atoms with Crippen LogP contribution in [0.5, 0.6) is 0 Å². The number of aliphatic hydroxyl groups is 1. The van der Waals surface area contributed by atoms with E-state index in [1.165, 1.54) is 6.92 Å². The lowest BCUT2D eigenvalue weighted by atomic mass is 10.2. The van der Waals surface area contributed by atoms with Crippen LogP contribution >= 0.6 is 11.8 Å². The van der Waals surface area contributed by atoms with Crippen molar-refractivity contribution in [1.82, 2.24) is 5.32 Å². The molecule has 0 heterocycles. The van der Waals surface area contributed by atoms with Gasteiger partial charge < -0.3 is 20.3 Å². The molecule has 0 aliphatic carbocycles. The fourth-order valence-electron chi connectivity index (χ4n) is 0.860. The molecule has 17 heavy (non-hydrogen) atoms. The topological polar surface area (TPSA) is 95.9 Å². The first-order valence-electron chi connectivity index (χ1n) is 5.14. The molecule has 1 amide bonds. The quantitative estimate of drug-likeness (QED) is 0.643. The maximum atomic E-state index is 11.3. The fraction of sp³-hybridized carbons (Fsp3) is 0.800. The Bertz CT molecular complexity index is 274.